The number of rotatable bonds is 23. The number of hydrogen-bond acceptors (Lipinski definition) is 13. The summed E-state index contributed by atoms with van der Waals surface area (Å²) in [6, 6.07) is 0. The van der Waals surface area contributed by atoms with Gasteiger partial charge >= 0.3 is 29.8 Å². The molecule has 0 heterocycles. The molecule has 13 heteroatoms. The number of allylic oxidation sites excluding steroid dienone is 4. The smallest absolute Gasteiger partial charge is 0.312 e. The van der Waals surface area contributed by atoms with Crippen molar-refractivity contribution in [1.82, 2.24) is 0 Å². The molecule has 14 atom stereocenters. The summed E-state index contributed by atoms with van der Waals surface area (Å²) in [5.41, 5.74) is 0.339. The molecule has 604 valence electrons. The second-order valence-corrected chi connectivity index (χ2v) is 40.1. The Bertz CT molecular complexity index is 3210. The van der Waals surface area contributed by atoms with Gasteiger partial charge in [-0.15, -0.1) is 0 Å². The average molecular weight is 1490 g/mol. The van der Waals surface area contributed by atoms with Crippen LogP contribution in [0, 0.1) is 86.3 Å². The lowest BCUT2D eigenvalue weighted by atomic mass is 9.73. The lowest BCUT2D eigenvalue weighted by molar-refractivity contribution is -0.177. The van der Waals surface area contributed by atoms with Gasteiger partial charge in [-0.3, -0.25) is 24.0 Å². The van der Waals surface area contributed by atoms with E-state index < -0.39 is 39.2 Å². The number of fused-ring (bicyclic) bond motifs is 7. The van der Waals surface area contributed by atoms with Gasteiger partial charge in [0.25, 0.3) is 0 Å². The predicted octanol–water partition coefficient (Wildman–Crippen LogP) is 22.3. The summed E-state index contributed by atoms with van der Waals surface area (Å²) in [4.78, 5) is 74.0. The van der Waals surface area contributed by atoms with Crippen LogP contribution >= 0.6 is 0 Å². The van der Waals surface area contributed by atoms with Crippen molar-refractivity contribution in [3.63, 3.8) is 0 Å². The molecule has 0 aliphatic heterocycles. The van der Waals surface area contributed by atoms with Crippen LogP contribution in [0.1, 0.15) is 368 Å². The van der Waals surface area contributed by atoms with Crippen LogP contribution in [0.5, 0.6) is 0 Å². The van der Waals surface area contributed by atoms with Gasteiger partial charge in [0.05, 0.1) is 32.7 Å². The number of aldehydes is 1. The number of esters is 5. The molecule has 14 unspecified atom stereocenters. The van der Waals surface area contributed by atoms with E-state index in [1.165, 1.54) is 112 Å². The lowest BCUT2D eigenvalue weighted by Crippen LogP contribution is -2.48. The maximum atomic E-state index is 12.8. The average Bonchev–Trinajstić information content (AvgIpc) is 1.62. The lowest BCUT2D eigenvalue weighted by Gasteiger charge is -2.43. The van der Waals surface area contributed by atoms with Gasteiger partial charge in [0.2, 0.25) is 0 Å². The van der Waals surface area contributed by atoms with Crippen LogP contribution in [-0.2, 0) is 52.5 Å². The molecule has 13 aliphatic carbocycles. The molecule has 13 aliphatic rings. The molecular formula is C94H150O13. The first-order chi connectivity index (χ1) is 50.4. The van der Waals surface area contributed by atoms with Crippen molar-refractivity contribution in [1.29, 1.82) is 0 Å². The molecule has 11 fully saturated rings. The maximum absolute atomic E-state index is 12.8. The van der Waals surface area contributed by atoms with Crippen molar-refractivity contribution < 1.29 is 62.7 Å². The first-order valence-electron chi connectivity index (χ1n) is 43.8. The molecule has 0 aromatic heterocycles. The van der Waals surface area contributed by atoms with E-state index in [0.717, 1.165) is 172 Å². The second-order valence-electron chi connectivity index (χ2n) is 40.1. The molecule has 2 N–H and O–H groups in total. The van der Waals surface area contributed by atoms with Crippen LogP contribution in [0.15, 0.2) is 59.3 Å². The van der Waals surface area contributed by atoms with Crippen molar-refractivity contribution in [3.05, 3.63) is 59.3 Å². The van der Waals surface area contributed by atoms with Gasteiger partial charge in [-0.2, -0.15) is 0 Å². The van der Waals surface area contributed by atoms with Gasteiger partial charge in [0, 0.05) is 24.7 Å². The van der Waals surface area contributed by atoms with Crippen molar-refractivity contribution >= 4 is 36.1 Å². The highest BCUT2D eigenvalue weighted by Crippen LogP contribution is 2.62. The van der Waals surface area contributed by atoms with Crippen molar-refractivity contribution in [2.24, 2.45) is 86.3 Å². The van der Waals surface area contributed by atoms with E-state index in [2.05, 4.69) is 58.6 Å². The summed E-state index contributed by atoms with van der Waals surface area (Å²) in [6.07, 6.45) is 52.1. The quantitative estimate of drug-likeness (QED) is 0.0426. The van der Waals surface area contributed by atoms with Crippen molar-refractivity contribution in [2.75, 3.05) is 0 Å². The van der Waals surface area contributed by atoms with E-state index in [4.69, 9.17) is 23.7 Å². The number of aliphatic hydroxyl groups excluding tert-OH is 1. The zero-order chi connectivity index (χ0) is 78.4. The predicted molar refractivity (Wildman–Crippen MR) is 427 cm³/mol. The third kappa shape index (κ3) is 19.3. The van der Waals surface area contributed by atoms with Crippen LogP contribution in [0.25, 0.3) is 0 Å². The third-order valence-corrected chi connectivity index (χ3v) is 30.6. The zero-order valence-corrected chi connectivity index (χ0v) is 70.5. The highest BCUT2D eigenvalue weighted by atomic mass is 16.6. The maximum Gasteiger partial charge on any atom is 0.312 e. The van der Waals surface area contributed by atoms with E-state index >= 15 is 0 Å². The Balaban J connectivity index is 0.000000155. The molecule has 0 spiro atoms. The Hall–Kier alpha value is -4.36. The molecule has 13 nitrogen and oxygen atoms in total. The Morgan fingerprint density at radius 1 is 0.523 bits per heavy atom. The van der Waals surface area contributed by atoms with E-state index in [0.29, 0.717) is 54.3 Å². The van der Waals surface area contributed by atoms with E-state index in [-0.39, 0.29) is 57.5 Å². The van der Waals surface area contributed by atoms with Crippen molar-refractivity contribution in [3.8, 4) is 0 Å². The van der Waals surface area contributed by atoms with Gasteiger partial charge in [-0.25, -0.2) is 0 Å². The Labute approximate surface area is 648 Å². The van der Waals surface area contributed by atoms with Gasteiger partial charge in [0.1, 0.15) is 34.8 Å². The summed E-state index contributed by atoms with van der Waals surface area (Å²) < 4.78 is 30.6. The Kier molecular flexibility index (Phi) is 28.3. The van der Waals surface area contributed by atoms with E-state index in [1.54, 1.807) is 0 Å². The summed E-state index contributed by atoms with van der Waals surface area (Å²) in [7, 11) is 0. The first kappa shape index (κ1) is 86.6. The topological polar surface area (TPSA) is 189 Å². The van der Waals surface area contributed by atoms with Gasteiger partial charge in [0.15, 0.2) is 5.60 Å². The van der Waals surface area contributed by atoms with Gasteiger partial charge in [-0.05, 0) is 365 Å². The Morgan fingerprint density at radius 2 is 1.04 bits per heavy atom. The largest absolute Gasteiger partial charge is 0.454 e. The number of carbonyl (C=O) groups excluding carboxylic acids is 6. The van der Waals surface area contributed by atoms with E-state index in [9.17, 15) is 39.0 Å². The minimum absolute atomic E-state index is 0.0247. The van der Waals surface area contributed by atoms with Crippen LogP contribution in [0.3, 0.4) is 0 Å². The molecule has 0 radical (unpaired) electrons. The molecule has 11 saturated carbocycles. The number of hydrogen-bond donors (Lipinski definition) is 2. The molecular weight excluding hydrogens is 1340 g/mol. The van der Waals surface area contributed by atoms with Gasteiger partial charge < -0.3 is 38.7 Å². The standard InChI is InChI=1S/C22H34O3.C20H32O3.C19H30O3.C17H28O2.C16H26O2/c1-4-21(2,3)20(24)25-22(13-16-7-5-6-8-16)14-18-11-17(9-10-23)12-19(18)15-22;1-5-19(3,4)18(22)23-20(16-11-6-8-13(16)2)12-14-9-7-10-15(14)17(20)21;1-4-17(2,3)16(20)22-19(14-8-6-5-7-9-14)13-18(21)11-10-15(19)12-18;1-5-7-10-17(12-13-8-9-14(17)11-13)19-15(18)16(3,4)6-2;1-5-15(3,4)14(17)18-16(6-2)10-12-8-7-9-13(12)11-16/h10,13,17-19H,4-9,11-12,14-15H2,1-3H3;14-15,17,21H,5-12H2,1-4H3;8,15,21H,4-7,9-13H2,1-3H3;7,10,13-14H,5-6,8-9,11-12H2,1-4H3;6,12-13H,2,5,7-11H2,1,3-4H3/b;;;10-7+;. The summed E-state index contributed by atoms with van der Waals surface area (Å²) >= 11 is 0. The monoisotopic (exact) mass is 1490 g/mol. The summed E-state index contributed by atoms with van der Waals surface area (Å²) in [6.45, 7) is 38.1. The second kappa shape index (κ2) is 34.9. The minimum atomic E-state index is -0.736. The van der Waals surface area contributed by atoms with Gasteiger partial charge in [-0.1, -0.05) is 97.1 Å². The van der Waals surface area contributed by atoms with Crippen molar-refractivity contribution in [2.45, 2.75) is 408 Å². The van der Waals surface area contributed by atoms with Crippen LogP contribution < -0.4 is 0 Å². The summed E-state index contributed by atoms with van der Waals surface area (Å²) in [5.74, 6) is 5.34. The zero-order valence-electron chi connectivity index (χ0n) is 70.5. The highest BCUT2D eigenvalue weighted by molar-refractivity contribution is 5.79. The highest BCUT2D eigenvalue weighted by Gasteiger charge is 2.64. The molecule has 0 amide bonds. The minimum Gasteiger partial charge on any atom is -0.454 e. The Morgan fingerprint density at radius 3 is 1.49 bits per heavy atom. The molecule has 0 saturated heterocycles. The molecule has 4 bridgehead atoms. The summed E-state index contributed by atoms with van der Waals surface area (Å²) in [5, 5.41) is 21.9. The fourth-order valence-corrected chi connectivity index (χ4v) is 21.5. The normalized spacial score (nSPS) is 36.0. The van der Waals surface area contributed by atoms with Crippen LogP contribution in [-0.4, -0.2) is 86.1 Å². The fourth-order valence-electron chi connectivity index (χ4n) is 21.5. The third-order valence-electron chi connectivity index (χ3n) is 30.6. The molecule has 13 rings (SSSR count). The molecule has 107 heavy (non-hydrogen) atoms. The molecule has 0 aromatic carbocycles. The first-order valence-corrected chi connectivity index (χ1v) is 43.8. The molecule has 0 aromatic rings. The van der Waals surface area contributed by atoms with Crippen LogP contribution in [0.2, 0.25) is 0 Å². The number of carbonyl (C=O) groups is 6. The SMILES string of the molecule is C=CC1(OC(=O)C(C)(C)CC)CC2CCCC2C1.CC/C=C/C1(OC(=O)C(C)(C)CC)CC2CCC1C2.CCC(C)(C)C(=O)OC1(C2=C(C)CCC2)CC2CCCC2C1O.CCC(C)(C)C(=O)OC1(C2=CCCCC2)CC2(O)CCC1C2.CCC(C)(C)C(=O)OC1(C=C2CCCC2)CC2CC(CC=O)CC2C1. The van der Waals surface area contributed by atoms with E-state index in [1.807, 2.05) is 96.1 Å². The fraction of sp³-hybridized carbons (Fsp3) is 0.830. The number of aliphatic hydroxyl groups is 2. The number of ether oxygens (including phenoxy) is 5. The van der Waals surface area contributed by atoms with Crippen LogP contribution in [0.4, 0.5) is 0 Å².